The molecule has 5 nitrogen and oxygen atoms in total. The van der Waals surface area contributed by atoms with Crippen molar-refractivity contribution in [2.45, 2.75) is 11.4 Å². The van der Waals surface area contributed by atoms with Gasteiger partial charge in [-0.25, -0.2) is 13.4 Å². The smallest absolute Gasteiger partial charge is 0.265 e. The molecule has 0 bridgehead atoms. The van der Waals surface area contributed by atoms with Crippen molar-refractivity contribution in [1.29, 1.82) is 0 Å². The Hall–Kier alpha value is -0.480. The average Bonchev–Trinajstić information content (AvgIpc) is 2.74. The van der Waals surface area contributed by atoms with E-state index in [1.165, 1.54) is 17.5 Å². The van der Waals surface area contributed by atoms with E-state index < -0.39 is 10.0 Å². The van der Waals surface area contributed by atoms with Crippen LogP contribution in [0.3, 0.4) is 0 Å². The summed E-state index contributed by atoms with van der Waals surface area (Å²) in [5, 5.41) is 2.99. The molecule has 108 valence electrons. The maximum absolute atomic E-state index is 12.3. The fourth-order valence-corrected chi connectivity index (χ4v) is 5.41. The summed E-state index contributed by atoms with van der Waals surface area (Å²) >= 11 is 7.93. The lowest BCUT2D eigenvalue weighted by atomic mass is 10.5. The molecule has 0 amide bonds. The Morgan fingerprint density at radius 1 is 1.35 bits per heavy atom. The van der Waals surface area contributed by atoms with Crippen molar-refractivity contribution in [3.05, 3.63) is 37.5 Å². The fraction of sp³-hybridized carbons (Fsp3) is 0.182. The minimum absolute atomic E-state index is 0.220. The zero-order valence-corrected chi connectivity index (χ0v) is 15.2. The number of nitrogens with one attached hydrogen (secondary N) is 2. The van der Waals surface area contributed by atoms with Crippen molar-refractivity contribution in [3.8, 4) is 0 Å². The number of hydrogen-bond donors (Lipinski definition) is 2. The largest absolute Gasteiger partial charge is 0.315 e. The van der Waals surface area contributed by atoms with Crippen LogP contribution in [0.5, 0.6) is 0 Å². The Bertz CT molecular complexity index is 699. The zero-order valence-electron chi connectivity index (χ0n) is 10.4. The highest BCUT2D eigenvalue weighted by atomic mass is 79.9. The van der Waals surface area contributed by atoms with E-state index in [0.717, 1.165) is 9.35 Å². The molecule has 20 heavy (non-hydrogen) atoms. The van der Waals surface area contributed by atoms with Crippen molar-refractivity contribution >= 4 is 59.0 Å². The van der Waals surface area contributed by atoms with Gasteiger partial charge in [-0.3, -0.25) is 4.72 Å². The molecule has 0 aromatic carbocycles. The summed E-state index contributed by atoms with van der Waals surface area (Å²) in [6.45, 7) is 0.620. The zero-order chi connectivity index (χ0) is 14.8. The minimum Gasteiger partial charge on any atom is -0.315 e. The van der Waals surface area contributed by atoms with Crippen molar-refractivity contribution in [2.75, 3.05) is 11.8 Å². The molecule has 0 saturated heterocycles. The summed E-state index contributed by atoms with van der Waals surface area (Å²) < 4.78 is 28.5. The predicted molar refractivity (Wildman–Crippen MR) is 87.5 cm³/mol. The first-order chi connectivity index (χ1) is 9.42. The van der Waals surface area contributed by atoms with E-state index >= 15 is 0 Å². The number of thiophene rings is 1. The van der Waals surface area contributed by atoms with Gasteiger partial charge in [-0.2, -0.15) is 0 Å². The predicted octanol–water partition coefficient (Wildman–Crippen LogP) is 3.19. The molecule has 0 aliphatic heterocycles. The van der Waals surface area contributed by atoms with Crippen LogP contribution in [-0.2, 0) is 16.6 Å². The van der Waals surface area contributed by atoms with Gasteiger partial charge >= 0.3 is 0 Å². The number of pyridine rings is 1. The van der Waals surface area contributed by atoms with Crippen LogP contribution in [-0.4, -0.2) is 20.4 Å². The lowest BCUT2D eigenvalue weighted by Crippen LogP contribution is -2.13. The minimum atomic E-state index is -3.65. The topological polar surface area (TPSA) is 71.1 Å². The van der Waals surface area contributed by atoms with Gasteiger partial charge in [0.1, 0.15) is 10.7 Å². The molecule has 0 radical (unpaired) electrons. The van der Waals surface area contributed by atoms with Crippen LogP contribution in [0, 0.1) is 0 Å². The van der Waals surface area contributed by atoms with E-state index in [1.807, 2.05) is 7.05 Å². The molecule has 2 N–H and O–H groups in total. The normalized spacial score (nSPS) is 11.6. The van der Waals surface area contributed by atoms with Crippen molar-refractivity contribution in [1.82, 2.24) is 10.3 Å². The van der Waals surface area contributed by atoms with Crippen LogP contribution in [0.2, 0.25) is 0 Å². The van der Waals surface area contributed by atoms with E-state index in [-0.39, 0.29) is 10.7 Å². The molecule has 2 rings (SSSR count). The van der Waals surface area contributed by atoms with E-state index in [2.05, 4.69) is 46.9 Å². The molecule has 2 heterocycles. The van der Waals surface area contributed by atoms with Gasteiger partial charge in [-0.15, -0.1) is 11.3 Å². The first kappa shape index (κ1) is 15.9. The van der Waals surface area contributed by atoms with Gasteiger partial charge < -0.3 is 5.32 Å². The third-order valence-corrected chi connectivity index (χ3v) is 6.39. The Balaban J connectivity index is 2.28. The summed E-state index contributed by atoms with van der Waals surface area (Å²) in [4.78, 5) is 5.15. The van der Waals surface area contributed by atoms with Gasteiger partial charge in [0.25, 0.3) is 10.0 Å². The monoisotopic (exact) mass is 439 g/mol. The van der Waals surface area contributed by atoms with Crippen molar-refractivity contribution in [3.63, 3.8) is 0 Å². The number of aromatic nitrogens is 1. The van der Waals surface area contributed by atoms with Gasteiger partial charge in [0.05, 0.1) is 3.79 Å². The van der Waals surface area contributed by atoms with Crippen LogP contribution in [0.1, 0.15) is 4.88 Å². The summed E-state index contributed by atoms with van der Waals surface area (Å²) in [6.07, 6.45) is 1.53. The molecule has 2 aromatic rings. The first-order valence-electron chi connectivity index (χ1n) is 5.49. The number of halogens is 2. The third-order valence-electron chi connectivity index (χ3n) is 2.31. The van der Waals surface area contributed by atoms with Gasteiger partial charge in [0.2, 0.25) is 0 Å². The third kappa shape index (κ3) is 3.79. The Labute approximate surface area is 138 Å². The summed E-state index contributed by atoms with van der Waals surface area (Å²) in [5.41, 5.74) is 0. The van der Waals surface area contributed by atoms with Gasteiger partial charge in [0.15, 0.2) is 0 Å². The molecule has 2 aromatic heterocycles. The van der Waals surface area contributed by atoms with E-state index in [4.69, 9.17) is 0 Å². The molecule has 0 aliphatic rings. The number of nitrogens with zero attached hydrogens (tertiary/aromatic N) is 1. The number of rotatable bonds is 5. The van der Waals surface area contributed by atoms with Crippen molar-refractivity contribution in [2.24, 2.45) is 0 Å². The van der Waals surface area contributed by atoms with Crippen LogP contribution < -0.4 is 10.0 Å². The Morgan fingerprint density at radius 2 is 2.10 bits per heavy atom. The molecule has 0 atom stereocenters. The highest BCUT2D eigenvalue weighted by Crippen LogP contribution is 2.32. The molecule has 0 saturated carbocycles. The van der Waals surface area contributed by atoms with Crippen LogP contribution in [0.25, 0.3) is 0 Å². The lowest BCUT2D eigenvalue weighted by Gasteiger charge is -2.06. The fourth-order valence-electron chi connectivity index (χ4n) is 1.47. The van der Waals surface area contributed by atoms with Crippen molar-refractivity contribution < 1.29 is 8.42 Å². The molecule has 0 fully saturated rings. The highest BCUT2D eigenvalue weighted by molar-refractivity contribution is 9.11. The van der Waals surface area contributed by atoms with Crippen LogP contribution >= 0.6 is 43.2 Å². The number of anilines is 1. The molecule has 0 spiro atoms. The lowest BCUT2D eigenvalue weighted by molar-refractivity contribution is 0.601. The SMILES string of the molecule is CNCc1cc(S(=O)(=O)Nc2ccc(Br)cn2)c(Br)s1. The molecular weight excluding hydrogens is 430 g/mol. The van der Waals surface area contributed by atoms with E-state index in [1.54, 1.807) is 18.2 Å². The number of sulfonamides is 1. The second kappa shape index (κ2) is 6.52. The van der Waals surface area contributed by atoms with E-state index in [9.17, 15) is 8.42 Å². The molecular formula is C11H11Br2N3O2S2. The maximum atomic E-state index is 12.3. The maximum Gasteiger partial charge on any atom is 0.265 e. The first-order valence-corrected chi connectivity index (χ1v) is 9.38. The second-order valence-electron chi connectivity index (χ2n) is 3.85. The quantitative estimate of drug-likeness (QED) is 0.748. The van der Waals surface area contributed by atoms with Crippen LogP contribution in [0.4, 0.5) is 5.82 Å². The molecule has 0 unspecified atom stereocenters. The highest BCUT2D eigenvalue weighted by Gasteiger charge is 2.21. The standard InChI is InChI=1S/C11H11Br2N3O2S2/c1-14-6-8-4-9(11(13)19-8)20(17,18)16-10-3-2-7(12)5-15-10/h2-5,14H,6H2,1H3,(H,15,16). The molecule has 0 aliphatic carbocycles. The second-order valence-corrected chi connectivity index (χ2v) is 8.87. The molecule has 9 heteroatoms. The number of hydrogen-bond acceptors (Lipinski definition) is 5. The van der Waals surface area contributed by atoms with E-state index in [0.29, 0.717) is 10.3 Å². The Morgan fingerprint density at radius 3 is 2.70 bits per heavy atom. The summed E-state index contributed by atoms with van der Waals surface area (Å²) in [5.74, 6) is 0.279. The van der Waals surface area contributed by atoms with Gasteiger partial charge in [-0.1, -0.05) is 0 Å². The average molecular weight is 441 g/mol. The van der Waals surface area contributed by atoms with Crippen LogP contribution in [0.15, 0.2) is 37.6 Å². The Kier molecular flexibility index (Phi) is 5.19. The summed E-state index contributed by atoms with van der Waals surface area (Å²) in [6, 6.07) is 4.96. The van der Waals surface area contributed by atoms with Gasteiger partial charge in [-0.05, 0) is 57.1 Å². The summed E-state index contributed by atoms with van der Waals surface area (Å²) in [7, 11) is -1.84. The van der Waals surface area contributed by atoms with Gasteiger partial charge in [0, 0.05) is 22.1 Å².